The standard InChI is InChI=1S/C21H30N2O2.ClH/c1-25-18-5-3-2-4-15(18)12-14-8-10-23(11-9-14)21(24)19-16-6-7-17(13-16)20(19)22;/h2-5,14,16-17,19-20H,6-13,22H2,1H3;1H. The number of carbonyl (C=O) groups is 1. The van der Waals surface area contributed by atoms with E-state index in [-0.39, 0.29) is 24.4 Å². The SMILES string of the molecule is COc1ccccc1CC1CCN(C(=O)C2C3CCC(C3)C2N)CC1.Cl. The maximum Gasteiger partial charge on any atom is 0.227 e. The Morgan fingerprint density at radius 1 is 1.15 bits per heavy atom. The molecule has 1 saturated heterocycles. The molecular formula is C21H31ClN2O2. The summed E-state index contributed by atoms with van der Waals surface area (Å²) in [6.07, 6.45) is 6.83. The Morgan fingerprint density at radius 3 is 2.50 bits per heavy atom. The van der Waals surface area contributed by atoms with Crippen molar-refractivity contribution in [2.45, 2.75) is 44.6 Å². The number of ether oxygens (including phenoxy) is 1. The van der Waals surface area contributed by atoms with Gasteiger partial charge in [-0.05, 0) is 67.9 Å². The second-order valence-corrected chi connectivity index (χ2v) is 8.22. The van der Waals surface area contributed by atoms with Crippen molar-refractivity contribution >= 4 is 18.3 Å². The van der Waals surface area contributed by atoms with Gasteiger partial charge in [0.05, 0.1) is 13.0 Å². The number of nitrogens with zero attached hydrogens (tertiary/aromatic N) is 1. The Bertz CT molecular complexity index is 628. The third kappa shape index (κ3) is 3.59. The Labute approximate surface area is 162 Å². The summed E-state index contributed by atoms with van der Waals surface area (Å²) < 4.78 is 5.48. The van der Waals surface area contributed by atoms with E-state index in [9.17, 15) is 4.79 Å². The van der Waals surface area contributed by atoms with Gasteiger partial charge in [0.25, 0.3) is 0 Å². The number of likely N-dealkylation sites (tertiary alicyclic amines) is 1. The van der Waals surface area contributed by atoms with Gasteiger partial charge in [-0.25, -0.2) is 0 Å². The van der Waals surface area contributed by atoms with Crippen LogP contribution in [-0.4, -0.2) is 37.0 Å². The van der Waals surface area contributed by atoms with Crippen molar-refractivity contribution < 1.29 is 9.53 Å². The summed E-state index contributed by atoms with van der Waals surface area (Å²) >= 11 is 0. The molecule has 2 N–H and O–H groups in total. The third-order valence-corrected chi connectivity index (χ3v) is 6.89. The summed E-state index contributed by atoms with van der Waals surface area (Å²) in [6, 6.07) is 8.39. The van der Waals surface area contributed by atoms with E-state index >= 15 is 0 Å². The number of piperidine rings is 1. The predicted octanol–water partition coefficient (Wildman–Crippen LogP) is 3.27. The van der Waals surface area contributed by atoms with Crippen LogP contribution in [0.3, 0.4) is 0 Å². The van der Waals surface area contributed by atoms with Crippen LogP contribution in [0, 0.1) is 23.7 Å². The number of benzene rings is 1. The van der Waals surface area contributed by atoms with E-state index in [0.717, 1.165) is 38.1 Å². The zero-order chi connectivity index (χ0) is 17.4. The van der Waals surface area contributed by atoms with Crippen LogP contribution in [-0.2, 0) is 11.2 Å². The summed E-state index contributed by atoms with van der Waals surface area (Å²) in [5.74, 6) is 3.21. The monoisotopic (exact) mass is 378 g/mol. The zero-order valence-electron chi connectivity index (χ0n) is 15.6. The molecule has 4 rings (SSSR count). The Morgan fingerprint density at radius 2 is 1.85 bits per heavy atom. The van der Waals surface area contributed by atoms with Crippen molar-refractivity contribution in [3.8, 4) is 5.75 Å². The molecule has 144 valence electrons. The summed E-state index contributed by atoms with van der Waals surface area (Å²) in [7, 11) is 1.73. The van der Waals surface area contributed by atoms with E-state index in [2.05, 4.69) is 17.0 Å². The molecule has 0 radical (unpaired) electrons. The van der Waals surface area contributed by atoms with Crippen LogP contribution < -0.4 is 10.5 Å². The molecule has 4 unspecified atom stereocenters. The number of amides is 1. The average molecular weight is 379 g/mol. The minimum absolute atomic E-state index is 0. The maximum absolute atomic E-state index is 13.0. The molecule has 4 nitrogen and oxygen atoms in total. The lowest BCUT2D eigenvalue weighted by molar-refractivity contribution is -0.139. The van der Waals surface area contributed by atoms with Gasteiger partial charge in [-0.2, -0.15) is 0 Å². The highest BCUT2D eigenvalue weighted by Crippen LogP contribution is 2.48. The van der Waals surface area contributed by atoms with Gasteiger partial charge < -0.3 is 15.4 Å². The van der Waals surface area contributed by atoms with Crippen molar-refractivity contribution in [3.63, 3.8) is 0 Å². The quantitative estimate of drug-likeness (QED) is 0.874. The van der Waals surface area contributed by atoms with Crippen molar-refractivity contribution in [2.75, 3.05) is 20.2 Å². The van der Waals surface area contributed by atoms with Gasteiger partial charge in [-0.1, -0.05) is 18.2 Å². The van der Waals surface area contributed by atoms with Gasteiger partial charge >= 0.3 is 0 Å². The highest BCUT2D eigenvalue weighted by Gasteiger charge is 2.50. The minimum Gasteiger partial charge on any atom is -0.496 e. The first-order valence-electron chi connectivity index (χ1n) is 9.83. The van der Waals surface area contributed by atoms with Crippen LogP contribution in [0.2, 0.25) is 0 Å². The molecule has 4 atom stereocenters. The van der Waals surface area contributed by atoms with Crippen LogP contribution in [0.5, 0.6) is 5.75 Å². The van der Waals surface area contributed by atoms with Crippen molar-refractivity contribution in [2.24, 2.45) is 29.4 Å². The summed E-state index contributed by atoms with van der Waals surface area (Å²) in [5.41, 5.74) is 7.65. The number of methoxy groups -OCH3 is 1. The first-order chi connectivity index (χ1) is 12.2. The molecule has 2 saturated carbocycles. The highest BCUT2D eigenvalue weighted by atomic mass is 35.5. The summed E-state index contributed by atoms with van der Waals surface area (Å²) in [4.78, 5) is 15.1. The molecule has 1 aromatic carbocycles. The molecule has 1 heterocycles. The van der Waals surface area contributed by atoms with E-state index in [4.69, 9.17) is 10.5 Å². The normalized spacial score (nSPS) is 30.9. The average Bonchev–Trinajstić information content (AvgIpc) is 3.23. The van der Waals surface area contributed by atoms with Crippen molar-refractivity contribution in [1.29, 1.82) is 0 Å². The molecule has 1 amide bonds. The fraction of sp³-hybridized carbons (Fsp3) is 0.667. The van der Waals surface area contributed by atoms with E-state index in [1.165, 1.54) is 24.8 Å². The number of fused-ring (bicyclic) bond motifs is 2. The molecule has 1 aliphatic heterocycles. The molecule has 5 heteroatoms. The Hall–Kier alpha value is -1.26. The van der Waals surface area contributed by atoms with Crippen LogP contribution in [0.15, 0.2) is 24.3 Å². The first kappa shape index (κ1) is 19.5. The molecule has 2 aliphatic carbocycles. The van der Waals surface area contributed by atoms with Crippen LogP contribution in [0.1, 0.15) is 37.7 Å². The summed E-state index contributed by atoms with van der Waals surface area (Å²) in [5, 5.41) is 0. The predicted molar refractivity (Wildman–Crippen MR) is 106 cm³/mol. The van der Waals surface area contributed by atoms with Gasteiger partial charge in [0.2, 0.25) is 5.91 Å². The van der Waals surface area contributed by atoms with Gasteiger partial charge in [0.1, 0.15) is 5.75 Å². The molecule has 26 heavy (non-hydrogen) atoms. The molecule has 3 aliphatic rings. The number of carbonyl (C=O) groups excluding carboxylic acids is 1. The summed E-state index contributed by atoms with van der Waals surface area (Å²) in [6.45, 7) is 1.78. The lowest BCUT2D eigenvalue weighted by atomic mass is 9.83. The molecule has 0 aromatic heterocycles. The number of halogens is 1. The van der Waals surface area contributed by atoms with Crippen molar-refractivity contribution in [3.05, 3.63) is 29.8 Å². The topological polar surface area (TPSA) is 55.6 Å². The molecule has 2 bridgehead atoms. The fourth-order valence-corrected chi connectivity index (χ4v) is 5.45. The Kier molecular flexibility index (Phi) is 6.13. The highest BCUT2D eigenvalue weighted by molar-refractivity contribution is 5.85. The first-order valence-corrected chi connectivity index (χ1v) is 9.83. The smallest absolute Gasteiger partial charge is 0.227 e. The molecule has 1 aromatic rings. The van der Waals surface area contributed by atoms with Crippen LogP contribution >= 0.6 is 12.4 Å². The largest absolute Gasteiger partial charge is 0.496 e. The van der Waals surface area contributed by atoms with Crippen LogP contribution in [0.25, 0.3) is 0 Å². The number of rotatable bonds is 4. The maximum atomic E-state index is 13.0. The molecule has 0 spiro atoms. The van der Waals surface area contributed by atoms with Gasteiger partial charge in [-0.3, -0.25) is 4.79 Å². The van der Waals surface area contributed by atoms with Gasteiger partial charge in [0.15, 0.2) is 0 Å². The van der Waals surface area contributed by atoms with Crippen molar-refractivity contribution in [1.82, 2.24) is 4.90 Å². The van der Waals surface area contributed by atoms with E-state index < -0.39 is 0 Å². The van der Waals surface area contributed by atoms with Gasteiger partial charge in [0, 0.05) is 19.1 Å². The number of hydrogen-bond donors (Lipinski definition) is 1. The van der Waals surface area contributed by atoms with Gasteiger partial charge in [-0.15, -0.1) is 12.4 Å². The number of nitrogens with two attached hydrogens (primary N) is 1. The molecule has 3 fully saturated rings. The number of para-hydroxylation sites is 1. The second kappa shape index (κ2) is 8.18. The zero-order valence-corrected chi connectivity index (χ0v) is 16.4. The lowest BCUT2D eigenvalue weighted by Gasteiger charge is -2.37. The van der Waals surface area contributed by atoms with Crippen LogP contribution in [0.4, 0.5) is 0 Å². The van der Waals surface area contributed by atoms with E-state index in [1.807, 2.05) is 12.1 Å². The van der Waals surface area contributed by atoms with E-state index in [0.29, 0.717) is 23.7 Å². The molecular weight excluding hydrogens is 348 g/mol. The van der Waals surface area contributed by atoms with E-state index in [1.54, 1.807) is 7.11 Å². The fourth-order valence-electron chi connectivity index (χ4n) is 5.45. The number of hydrogen-bond acceptors (Lipinski definition) is 3. The minimum atomic E-state index is 0. The third-order valence-electron chi connectivity index (χ3n) is 6.89. The Balaban J connectivity index is 0.00000196. The lowest BCUT2D eigenvalue weighted by Crippen LogP contribution is -2.49. The second-order valence-electron chi connectivity index (χ2n) is 8.22.